The first-order valence-corrected chi connectivity index (χ1v) is 6.18. The van der Waals surface area contributed by atoms with E-state index in [9.17, 15) is 0 Å². The second-order valence-electron chi connectivity index (χ2n) is 4.55. The van der Waals surface area contributed by atoms with Crippen LogP contribution >= 0.6 is 0 Å². The summed E-state index contributed by atoms with van der Waals surface area (Å²) in [6, 6.07) is 8.84. The van der Waals surface area contributed by atoms with Gasteiger partial charge in [-0.05, 0) is 29.9 Å². The molecular formula is C14H21NO2. The maximum atomic E-state index is 5.12. The zero-order valence-electron chi connectivity index (χ0n) is 10.6. The summed E-state index contributed by atoms with van der Waals surface area (Å²) >= 11 is 0. The van der Waals surface area contributed by atoms with Crippen LogP contribution in [0.25, 0.3) is 0 Å². The van der Waals surface area contributed by atoms with Crippen LogP contribution in [0.15, 0.2) is 24.3 Å². The summed E-state index contributed by atoms with van der Waals surface area (Å²) < 4.78 is 10.2. The Morgan fingerprint density at radius 3 is 2.71 bits per heavy atom. The molecule has 1 saturated carbocycles. The summed E-state index contributed by atoms with van der Waals surface area (Å²) in [6.07, 6.45) is 2.54. The van der Waals surface area contributed by atoms with Crippen molar-refractivity contribution in [2.45, 2.75) is 31.6 Å². The molecule has 0 bridgehead atoms. The van der Waals surface area contributed by atoms with Crippen LogP contribution in [0, 0.1) is 0 Å². The lowest BCUT2D eigenvalue weighted by molar-refractivity contribution is -0.0989. The Balaban J connectivity index is 1.80. The van der Waals surface area contributed by atoms with Crippen molar-refractivity contribution in [3.05, 3.63) is 35.4 Å². The van der Waals surface area contributed by atoms with Crippen molar-refractivity contribution in [2.24, 2.45) is 0 Å². The van der Waals surface area contributed by atoms with Crippen molar-refractivity contribution in [3.63, 3.8) is 0 Å². The van der Waals surface area contributed by atoms with Crippen LogP contribution < -0.4 is 5.32 Å². The topological polar surface area (TPSA) is 30.5 Å². The SMILES string of the molecule is COC(CNCc1cccc(C2CC2)c1)OC. The fraction of sp³-hybridized carbons (Fsp3) is 0.571. The Labute approximate surface area is 103 Å². The van der Waals surface area contributed by atoms with Crippen LogP contribution in [0.1, 0.15) is 29.9 Å². The van der Waals surface area contributed by atoms with Gasteiger partial charge in [-0.25, -0.2) is 0 Å². The smallest absolute Gasteiger partial charge is 0.169 e. The number of nitrogens with one attached hydrogen (secondary N) is 1. The fourth-order valence-corrected chi connectivity index (χ4v) is 1.97. The molecule has 0 heterocycles. The summed E-state index contributed by atoms with van der Waals surface area (Å²) in [5, 5.41) is 3.34. The number of rotatable bonds is 7. The average Bonchev–Trinajstić information content (AvgIpc) is 3.19. The van der Waals surface area contributed by atoms with Gasteiger partial charge in [-0.15, -0.1) is 0 Å². The second kappa shape index (κ2) is 6.15. The molecule has 1 N–H and O–H groups in total. The van der Waals surface area contributed by atoms with Crippen molar-refractivity contribution in [1.82, 2.24) is 5.32 Å². The van der Waals surface area contributed by atoms with E-state index in [-0.39, 0.29) is 6.29 Å². The standard InChI is InChI=1S/C14H21NO2/c1-16-14(17-2)10-15-9-11-4-3-5-13(8-11)12-6-7-12/h3-5,8,12,14-15H,6-7,9-10H2,1-2H3. The van der Waals surface area contributed by atoms with Crippen molar-refractivity contribution in [2.75, 3.05) is 20.8 Å². The minimum atomic E-state index is -0.165. The number of hydrogen-bond donors (Lipinski definition) is 1. The molecule has 2 rings (SSSR count). The molecule has 1 aliphatic rings. The maximum Gasteiger partial charge on any atom is 0.169 e. The third-order valence-corrected chi connectivity index (χ3v) is 3.17. The van der Waals surface area contributed by atoms with Gasteiger partial charge in [0.2, 0.25) is 0 Å². The Hall–Kier alpha value is -0.900. The predicted molar refractivity (Wildman–Crippen MR) is 67.9 cm³/mol. The molecule has 0 amide bonds. The highest BCUT2D eigenvalue weighted by atomic mass is 16.7. The second-order valence-corrected chi connectivity index (χ2v) is 4.55. The van der Waals surface area contributed by atoms with Gasteiger partial charge >= 0.3 is 0 Å². The molecule has 0 saturated heterocycles. The summed E-state index contributed by atoms with van der Waals surface area (Å²) in [7, 11) is 3.31. The number of methoxy groups -OCH3 is 2. The predicted octanol–water partition coefficient (Wildman–Crippen LogP) is 2.27. The molecule has 1 aromatic rings. The van der Waals surface area contributed by atoms with Crippen LogP contribution in [0.4, 0.5) is 0 Å². The number of ether oxygens (including phenoxy) is 2. The first-order chi connectivity index (χ1) is 8.33. The van der Waals surface area contributed by atoms with E-state index in [1.165, 1.54) is 24.0 Å². The van der Waals surface area contributed by atoms with Gasteiger partial charge < -0.3 is 14.8 Å². The van der Waals surface area contributed by atoms with Crippen LogP contribution in [-0.4, -0.2) is 27.1 Å². The van der Waals surface area contributed by atoms with Gasteiger partial charge in [-0.3, -0.25) is 0 Å². The lowest BCUT2D eigenvalue weighted by Crippen LogP contribution is -2.29. The first-order valence-electron chi connectivity index (χ1n) is 6.18. The molecular weight excluding hydrogens is 214 g/mol. The van der Waals surface area contributed by atoms with E-state index in [2.05, 4.69) is 29.6 Å². The van der Waals surface area contributed by atoms with Gasteiger partial charge in [0.05, 0.1) is 0 Å². The summed E-state index contributed by atoms with van der Waals surface area (Å²) in [5.41, 5.74) is 2.82. The molecule has 1 aliphatic carbocycles. The summed E-state index contributed by atoms with van der Waals surface area (Å²) in [5.74, 6) is 0.820. The molecule has 0 aliphatic heterocycles. The van der Waals surface area contributed by atoms with Crippen LogP contribution in [-0.2, 0) is 16.0 Å². The zero-order valence-corrected chi connectivity index (χ0v) is 10.6. The normalized spacial score (nSPS) is 15.5. The van der Waals surface area contributed by atoms with Gasteiger partial charge in [0.25, 0.3) is 0 Å². The van der Waals surface area contributed by atoms with E-state index in [0.717, 1.165) is 12.5 Å². The fourth-order valence-electron chi connectivity index (χ4n) is 1.97. The Morgan fingerprint density at radius 2 is 2.06 bits per heavy atom. The third-order valence-electron chi connectivity index (χ3n) is 3.17. The van der Waals surface area contributed by atoms with Crippen LogP contribution in [0.5, 0.6) is 0 Å². The van der Waals surface area contributed by atoms with Crippen molar-refractivity contribution < 1.29 is 9.47 Å². The molecule has 0 unspecified atom stereocenters. The van der Waals surface area contributed by atoms with E-state index in [4.69, 9.17) is 9.47 Å². The Kier molecular flexibility index (Phi) is 4.54. The van der Waals surface area contributed by atoms with Gasteiger partial charge in [-0.2, -0.15) is 0 Å². The third kappa shape index (κ3) is 3.80. The van der Waals surface area contributed by atoms with E-state index < -0.39 is 0 Å². The Morgan fingerprint density at radius 1 is 1.29 bits per heavy atom. The molecule has 1 fully saturated rings. The molecule has 0 spiro atoms. The number of benzene rings is 1. The zero-order chi connectivity index (χ0) is 12.1. The lowest BCUT2D eigenvalue weighted by Gasteiger charge is -2.14. The van der Waals surface area contributed by atoms with Gasteiger partial charge in [0.1, 0.15) is 0 Å². The minimum absolute atomic E-state index is 0.165. The molecule has 94 valence electrons. The monoisotopic (exact) mass is 235 g/mol. The molecule has 0 aromatic heterocycles. The van der Waals surface area contributed by atoms with Crippen molar-refractivity contribution in [3.8, 4) is 0 Å². The van der Waals surface area contributed by atoms with E-state index in [1.807, 2.05) is 0 Å². The molecule has 3 nitrogen and oxygen atoms in total. The average molecular weight is 235 g/mol. The largest absolute Gasteiger partial charge is 0.355 e. The van der Waals surface area contributed by atoms with E-state index >= 15 is 0 Å². The highest BCUT2D eigenvalue weighted by Gasteiger charge is 2.23. The van der Waals surface area contributed by atoms with E-state index in [0.29, 0.717) is 6.54 Å². The molecule has 17 heavy (non-hydrogen) atoms. The highest BCUT2D eigenvalue weighted by molar-refractivity contribution is 5.29. The van der Waals surface area contributed by atoms with E-state index in [1.54, 1.807) is 14.2 Å². The molecule has 0 radical (unpaired) electrons. The summed E-state index contributed by atoms with van der Waals surface area (Å²) in [4.78, 5) is 0. The maximum absolute atomic E-state index is 5.12. The summed E-state index contributed by atoms with van der Waals surface area (Å²) in [6.45, 7) is 1.57. The quantitative estimate of drug-likeness (QED) is 0.735. The van der Waals surface area contributed by atoms with Crippen molar-refractivity contribution in [1.29, 1.82) is 0 Å². The number of hydrogen-bond acceptors (Lipinski definition) is 3. The molecule has 0 atom stereocenters. The highest BCUT2D eigenvalue weighted by Crippen LogP contribution is 2.40. The first kappa shape index (κ1) is 12.6. The van der Waals surface area contributed by atoms with Crippen LogP contribution in [0.3, 0.4) is 0 Å². The minimum Gasteiger partial charge on any atom is -0.355 e. The van der Waals surface area contributed by atoms with Crippen molar-refractivity contribution >= 4 is 0 Å². The molecule has 3 heteroatoms. The lowest BCUT2D eigenvalue weighted by atomic mass is 10.1. The van der Waals surface area contributed by atoms with Gasteiger partial charge in [-0.1, -0.05) is 24.3 Å². The van der Waals surface area contributed by atoms with Crippen LogP contribution in [0.2, 0.25) is 0 Å². The van der Waals surface area contributed by atoms with Gasteiger partial charge in [0, 0.05) is 27.3 Å². The molecule has 1 aromatic carbocycles. The Bertz CT molecular complexity index is 346. The van der Waals surface area contributed by atoms with Gasteiger partial charge in [0.15, 0.2) is 6.29 Å².